The summed E-state index contributed by atoms with van der Waals surface area (Å²) in [7, 11) is 1.60. The van der Waals surface area contributed by atoms with Crippen LogP contribution in [0.15, 0.2) is 38.4 Å². The summed E-state index contributed by atoms with van der Waals surface area (Å²) in [6.07, 6.45) is 3.82. The van der Waals surface area contributed by atoms with Gasteiger partial charge in [-0.05, 0) is 31.4 Å². The molecule has 3 aromatic heterocycles. The number of fused-ring (bicyclic) bond motifs is 1. The van der Waals surface area contributed by atoms with Crippen LogP contribution in [-0.4, -0.2) is 26.9 Å². The molecule has 0 saturated carbocycles. The summed E-state index contributed by atoms with van der Waals surface area (Å²) >= 11 is 0. The second kappa shape index (κ2) is 7.19. The van der Waals surface area contributed by atoms with E-state index in [9.17, 15) is 9.59 Å². The van der Waals surface area contributed by atoms with Crippen LogP contribution in [0.2, 0.25) is 0 Å². The first-order chi connectivity index (χ1) is 12.4. The highest BCUT2D eigenvalue weighted by atomic mass is 16.3. The predicted octanol–water partition coefficient (Wildman–Crippen LogP) is 3.12. The van der Waals surface area contributed by atoms with E-state index in [2.05, 4.69) is 18.8 Å². The van der Waals surface area contributed by atoms with Gasteiger partial charge in [-0.3, -0.25) is 9.59 Å². The number of rotatable bonds is 6. The molecule has 0 aromatic carbocycles. The van der Waals surface area contributed by atoms with Crippen molar-refractivity contribution in [3.63, 3.8) is 0 Å². The SMILES string of the molecule is Cc1oc2ncn(C)c(=O)c2c1C(=O)N(CCC(C)C)Cc1ccco1. The zero-order valence-corrected chi connectivity index (χ0v) is 15.5. The highest BCUT2D eigenvalue weighted by Gasteiger charge is 2.27. The van der Waals surface area contributed by atoms with Gasteiger partial charge < -0.3 is 18.3 Å². The number of aryl methyl sites for hydroxylation is 2. The quantitative estimate of drug-likeness (QED) is 0.677. The summed E-state index contributed by atoms with van der Waals surface area (Å²) in [6.45, 7) is 6.79. The van der Waals surface area contributed by atoms with Gasteiger partial charge in [0, 0.05) is 13.6 Å². The third-order valence-electron chi connectivity index (χ3n) is 4.35. The third-order valence-corrected chi connectivity index (χ3v) is 4.35. The van der Waals surface area contributed by atoms with E-state index < -0.39 is 0 Å². The van der Waals surface area contributed by atoms with Gasteiger partial charge in [-0.15, -0.1) is 0 Å². The summed E-state index contributed by atoms with van der Waals surface area (Å²) < 4.78 is 12.3. The Morgan fingerprint density at radius 2 is 2.15 bits per heavy atom. The fourth-order valence-electron chi connectivity index (χ4n) is 2.86. The largest absolute Gasteiger partial charge is 0.467 e. The van der Waals surface area contributed by atoms with Crippen molar-refractivity contribution in [2.24, 2.45) is 13.0 Å². The molecule has 26 heavy (non-hydrogen) atoms. The molecule has 3 heterocycles. The number of hydrogen-bond donors (Lipinski definition) is 0. The summed E-state index contributed by atoms with van der Waals surface area (Å²) in [5.74, 6) is 1.29. The maximum Gasteiger partial charge on any atom is 0.265 e. The molecule has 0 aliphatic carbocycles. The Kier molecular flexibility index (Phi) is 4.97. The number of nitrogens with zero attached hydrogens (tertiary/aromatic N) is 3. The molecule has 0 atom stereocenters. The van der Waals surface area contributed by atoms with Crippen molar-refractivity contribution in [3.8, 4) is 0 Å². The Morgan fingerprint density at radius 3 is 2.81 bits per heavy atom. The van der Waals surface area contributed by atoms with Crippen molar-refractivity contribution in [1.29, 1.82) is 0 Å². The van der Waals surface area contributed by atoms with E-state index in [1.165, 1.54) is 10.9 Å². The van der Waals surface area contributed by atoms with E-state index in [0.717, 1.165) is 6.42 Å². The minimum absolute atomic E-state index is 0.191. The van der Waals surface area contributed by atoms with Crippen LogP contribution in [0.4, 0.5) is 0 Å². The average molecular weight is 357 g/mol. The van der Waals surface area contributed by atoms with Crippen LogP contribution in [0, 0.1) is 12.8 Å². The molecule has 0 spiro atoms. The summed E-state index contributed by atoms with van der Waals surface area (Å²) in [4.78, 5) is 31.7. The second-order valence-corrected chi connectivity index (χ2v) is 6.86. The number of carbonyl (C=O) groups excluding carboxylic acids is 1. The molecule has 3 rings (SSSR count). The molecule has 0 aliphatic rings. The number of hydrogen-bond acceptors (Lipinski definition) is 5. The average Bonchev–Trinajstić information content (AvgIpc) is 3.21. The van der Waals surface area contributed by atoms with Gasteiger partial charge in [0.25, 0.3) is 11.5 Å². The van der Waals surface area contributed by atoms with Crippen LogP contribution in [-0.2, 0) is 13.6 Å². The van der Waals surface area contributed by atoms with Crippen LogP contribution < -0.4 is 5.56 Å². The molecule has 0 N–H and O–H groups in total. The van der Waals surface area contributed by atoms with Crippen molar-refractivity contribution in [2.45, 2.75) is 33.7 Å². The summed E-state index contributed by atoms with van der Waals surface area (Å²) in [5.41, 5.74) is 0.178. The fraction of sp³-hybridized carbons (Fsp3) is 0.421. The van der Waals surface area contributed by atoms with Crippen molar-refractivity contribution in [2.75, 3.05) is 6.54 Å². The summed E-state index contributed by atoms with van der Waals surface area (Å²) in [5, 5.41) is 0.228. The second-order valence-electron chi connectivity index (χ2n) is 6.86. The Labute approximate surface area is 151 Å². The predicted molar refractivity (Wildman–Crippen MR) is 96.9 cm³/mol. The molecule has 0 saturated heterocycles. The summed E-state index contributed by atoms with van der Waals surface area (Å²) in [6, 6.07) is 3.62. The Hall–Kier alpha value is -2.83. The lowest BCUT2D eigenvalue weighted by atomic mass is 10.1. The van der Waals surface area contributed by atoms with Crippen LogP contribution in [0.3, 0.4) is 0 Å². The van der Waals surface area contributed by atoms with Gasteiger partial charge in [0.1, 0.15) is 23.2 Å². The first-order valence-corrected chi connectivity index (χ1v) is 8.65. The molecule has 7 heteroatoms. The van der Waals surface area contributed by atoms with E-state index in [-0.39, 0.29) is 28.1 Å². The number of amides is 1. The number of carbonyl (C=O) groups is 1. The van der Waals surface area contributed by atoms with E-state index in [4.69, 9.17) is 8.83 Å². The van der Waals surface area contributed by atoms with Crippen LogP contribution in [0.5, 0.6) is 0 Å². The number of aromatic nitrogens is 2. The fourth-order valence-corrected chi connectivity index (χ4v) is 2.86. The van der Waals surface area contributed by atoms with E-state index in [1.54, 1.807) is 31.2 Å². The van der Waals surface area contributed by atoms with Crippen LogP contribution in [0.25, 0.3) is 11.1 Å². The molecule has 3 aromatic rings. The van der Waals surface area contributed by atoms with Gasteiger partial charge in [0.15, 0.2) is 0 Å². The molecular weight excluding hydrogens is 334 g/mol. The Balaban J connectivity index is 2.03. The van der Waals surface area contributed by atoms with E-state index in [0.29, 0.717) is 30.5 Å². The maximum atomic E-state index is 13.3. The molecule has 0 radical (unpaired) electrons. The maximum absolute atomic E-state index is 13.3. The zero-order chi connectivity index (χ0) is 18.8. The third kappa shape index (κ3) is 3.42. The highest BCUT2D eigenvalue weighted by molar-refractivity contribution is 6.06. The Bertz CT molecular complexity index is 967. The smallest absolute Gasteiger partial charge is 0.265 e. The molecule has 7 nitrogen and oxygen atoms in total. The lowest BCUT2D eigenvalue weighted by molar-refractivity contribution is 0.0723. The lowest BCUT2D eigenvalue weighted by Gasteiger charge is -2.22. The van der Waals surface area contributed by atoms with Gasteiger partial charge >= 0.3 is 0 Å². The lowest BCUT2D eigenvalue weighted by Crippen LogP contribution is -2.33. The standard InChI is InChI=1S/C19H23N3O4/c1-12(2)7-8-22(10-14-6-5-9-25-14)19(24)15-13(3)26-17-16(15)18(23)21(4)11-20-17/h5-6,9,11-12H,7-8,10H2,1-4H3. The van der Waals surface area contributed by atoms with Gasteiger partial charge in [0.2, 0.25) is 5.71 Å². The number of furan rings is 2. The molecular formula is C19H23N3O4. The zero-order valence-electron chi connectivity index (χ0n) is 15.5. The van der Waals surface area contributed by atoms with Gasteiger partial charge in [0.05, 0.1) is 18.4 Å². The topological polar surface area (TPSA) is 81.5 Å². The van der Waals surface area contributed by atoms with Crippen molar-refractivity contribution >= 4 is 17.0 Å². The van der Waals surface area contributed by atoms with Gasteiger partial charge in [-0.1, -0.05) is 13.8 Å². The molecule has 1 amide bonds. The first-order valence-electron chi connectivity index (χ1n) is 8.65. The normalized spacial score (nSPS) is 11.4. The molecule has 0 fully saturated rings. The van der Waals surface area contributed by atoms with Gasteiger partial charge in [-0.25, -0.2) is 4.98 Å². The molecule has 0 aliphatic heterocycles. The highest BCUT2D eigenvalue weighted by Crippen LogP contribution is 2.24. The van der Waals surface area contributed by atoms with Gasteiger partial charge in [-0.2, -0.15) is 0 Å². The van der Waals surface area contributed by atoms with E-state index in [1.807, 2.05) is 6.07 Å². The molecule has 0 bridgehead atoms. The minimum atomic E-state index is -0.294. The van der Waals surface area contributed by atoms with E-state index >= 15 is 0 Å². The first kappa shape index (κ1) is 18.0. The monoisotopic (exact) mass is 357 g/mol. The molecule has 0 unspecified atom stereocenters. The van der Waals surface area contributed by atoms with Crippen molar-refractivity contribution in [1.82, 2.24) is 14.5 Å². The van der Waals surface area contributed by atoms with Crippen LogP contribution >= 0.6 is 0 Å². The van der Waals surface area contributed by atoms with Crippen molar-refractivity contribution in [3.05, 3.63) is 52.2 Å². The van der Waals surface area contributed by atoms with Crippen LogP contribution in [0.1, 0.15) is 42.1 Å². The minimum Gasteiger partial charge on any atom is -0.467 e. The van der Waals surface area contributed by atoms with Crippen molar-refractivity contribution < 1.29 is 13.6 Å². The Morgan fingerprint density at radius 1 is 1.38 bits per heavy atom. The molecule has 138 valence electrons.